The van der Waals surface area contributed by atoms with Gasteiger partial charge in [-0.3, -0.25) is 4.90 Å². The van der Waals surface area contributed by atoms with Gasteiger partial charge in [0, 0.05) is 18.5 Å². The predicted octanol–water partition coefficient (Wildman–Crippen LogP) is 4.23. The van der Waals surface area contributed by atoms with Crippen LogP contribution in [-0.2, 0) is 11.2 Å². The fourth-order valence-electron chi connectivity index (χ4n) is 9.24. The quantitative estimate of drug-likeness (QED) is 0.553. The number of aliphatic hydroxyl groups is 2. The predicted molar refractivity (Wildman–Crippen MR) is 151 cm³/mol. The highest BCUT2D eigenvalue weighted by Gasteiger charge is 2.66. The molecule has 2 heterocycles. The first-order valence-corrected chi connectivity index (χ1v) is 15.0. The minimum Gasteiger partial charge on any atom is -0.393 e. The van der Waals surface area contributed by atoms with Crippen LogP contribution in [0.3, 0.4) is 0 Å². The van der Waals surface area contributed by atoms with E-state index in [0.29, 0.717) is 31.2 Å². The van der Waals surface area contributed by atoms with Crippen LogP contribution in [-0.4, -0.2) is 69.4 Å². The highest BCUT2D eigenvalue weighted by atomic mass is 19.1. The lowest BCUT2D eigenvalue weighted by Crippen LogP contribution is -2.59. The highest BCUT2D eigenvalue weighted by molar-refractivity contribution is 5.61. The van der Waals surface area contributed by atoms with Gasteiger partial charge in [0.15, 0.2) is 0 Å². The van der Waals surface area contributed by atoms with Crippen LogP contribution in [0.2, 0.25) is 0 Å². The molecule has 2 N–H and O–H groups in total. The Bertz CT molecular complexity index is 1390. The molecule has 7 heteroatoms. The summed E-state index contributed by atoms with van der Waals surface area (Å²) >= 11 is 0. The number of halogens is 1. The molecule has 40 heavy (non-hydrogen) atoms. The lowest BCUT2D eigenvalue weighted by Gasteiger charge is -2.60. The van der Waals surface area contributed by atoms with Crippen LogP contribution >= 0.6 is 0 Å². The number of hydrogen-bond acceptors (Lipinski definition) is 5. The van der Waals surface area contributed by atoms with E-state index in [1.165, 1.54) is 23.3 Å². The van der Waals surface area contributed by atoms with Crippen molar-refractivity contribution in [2.45, 2.75) is 64.1 Å². The monoisotopic (exact) mass is 545 g/mol. The molecule has 1 aliphatic heterocycles. The first-order valence-electron chi connectivity index (χ1n) is 15.0. The zero-order valence-corrected chi connectivity index (χ0v) is 23.6. The molecule has 4 aliphatic carbocycles. The van der Waals surface area contributed by atoms with Crippen molar-refractivity contribution in [3.8, 4) is 17.5 Å². The Morgan fingerprint density at radius 2 is 1.93 bits per heavy atom. The maximum Gasteiger partial charge on any atom is 0.131 e. The molecule has 7 rings (SSSR count). The van der Waals surface area contributed by atoms with Gasteiger partial charge in [-0.2, -0.15) is 5.10 Å². The van der Waals surface area contributed by atoms with Crippen LogP contribution in [0.4, 0.5) is 4.39 Å². The fourth-order valence-corrected chi connectivity index (χ4v) is 9.24. The molecule has 0 unspecified atom stereocenters. The maximum absolute atomic E-state index is 13.5. The van der Waals surface area contributed by atoms with Crippen LogP contribution in [0.1, 0.15) is 57.2 Å². The number of benzene rings is 1. The number of rotatable bonds is 2. The van der Waals surface area contributed by atoms with Crippen molar-refractivity contribution in [3.05, 3.63) is 53.1 Å². The molecule has 5 aliphatic rings. The van der Waals surface area contributed by atoms with Crippen LogP contribution in [0.5, 0.6) is 0 Å². The molecule has 0 bridgehead atoms. The Kier molecular flexibility index (Phi) is 6.29. The van der Waals surface area contributed by atoms with Gasteiger partial charge in [-0.1, -0.05) is 31.3 Å². The molecular weight excluding hydrogens is 505 g/mol. The summed E-state index contributed by atoms with van der Waals surface area (Å²) in [6.45, 7) is 8.43. The van der Waals surface area contributed by atoms with E-state index in [2.05, 4.69) is 41.8 Å². The average molecular weight is 546 g/mol. The van der Waals surface area contributed by atoms with E-state index in [1.807, 2.05) is 10.9 Å². The van der Waals surface area contributed by atoms with Gasteiger partial charge in [-0.25, -0.2) is 9.07 Å². The van der Waals surface area contributed by atoms with E-state index < -0.39 is 17.1 Å². The number of ether oxygens (including phenoxy) is 1. The zero-order valence-electron chi connectivity index (χ0n) is 23.6. The molecule has 0 amide bonds. The van der Waals surface area contributed by atoms with Gasteiger partial charge in [0.05, 0.1) is 43.4 Å². The number of hydrogen-bond donors (Lipinski definition) is 2. The summed E-state index contributed by atoms with van der Waals surface area (Å²) in [5.41, 5.74) is 2.83. The topological polar surface area (TPSA) is 70.8 Å². The number of fused-ring (bicyclic) bond motifs is 6. The number of aliphatic hydroxyl groups excluding tert-OH is 1. The number of aromatic nitrogens is 2. The summed E-state index contributed by atoms with van der Waals surface area (Å²) in [6.07, 6.45) is 8.76. The van der Waals surface area contributed by atoms with Crippen LogP contribution in [0, 0.1) is 46.2 Å². The van der Waals surface area contributed by atoms with E-state index in [9.17, 15) is 14.6 Å². The summed E-state index contributed by atoms with van der Waals surface area (Å²) in [5, 5.41) is 28.5. The van der Waals surface area contributed by atoms with E-state index in [1.54, 1.807) is 12.1 Å². The largest absolute Gasteiger partial charge is 0.393 e. The molecular formula is C33H40FN3O3. The van der Waals surface area contributed by atoms with Gasteiger partial charge < -0.3 is 14.9 Å². The van der Waals surface area contributed by atoms with E-state index >= 15 is 0 Å². The highest BCUT2D eigenvalue weighted by Crippen LogP contribution is 2.67. The number of morpholine rings is 1. The first-order chi connectivity index (χ1) is 19.2. The third-order valence-electron chi connectivity index (χ3n) is 11.4. The minimum atomic E-state index is -1.07. The van der Waals surface area contributed by atoms with Gasteiger partial charge in [0.2, 0.25) is 0 Å². The van der Waals surface area contributed by atoms with Crippen molar-refractivity contribution in [2.24, 2.45) is 28.6 Å². The zero-order chi connectivity index (χ0) is 27.7. The molecule has 2 aromatic rings. The molecule has 1 saturated heterocycles. The molecule has 212 valence electrons. The molecule has 4 fully saturated rings. The Balaban J connectivity index is 1.16. The van der Waals surface area contributed by atoms with Crippen molar-refractivity contribution in [2.75, 3.05) is 32.8 Å². The lowest BCUT2D eigenvalue weighted by atomic mass is 9.45. The second-order valence-corrected chi connectivity index (χ2v) is 13.3. The van der Waals surface area contributed by atoms with E-state index in [-0.39, 0.29) is 17.2 Å². The Morgan fingerprint density at radius 1 is 1.15 bits per heavy atom. The van der Waals surface area contributed by atoms with Crippen molar-refractivity contribution >= 4 is 6.08 Å². The molecule has 0 spiro atoms. The summed E-state index contributed by atoms with van der Waals surface area (Å²) in [6, 6.07) is 6.48. The van der Waals surface area contributed by atoms with Crippen molar-refractivity contribution in [3.63, 3.8) is 0 Å². The Morgan fingerprint density at radius 3 is 2.70 bits per heavy atom. The average Bonchev–Trinajstić information content (AvgIpc) is 3.45. The summed E-state index contributed by atoms with van der Waals surface area (Å²) in [4.78, 5) is 2.28. The van der Waals surface area contributed by atoms with E-state index in [4.69, 9.17) is 4.74 Å². The Hall–Kier alpha value is -2.50. The van der Waals surface area contributed by atoms with Gasteiger partial charge in [0.1, 0.15) is 11.4 Å². The maximum atomic E-state index is 13.5. The van der Waals surface area contributed by atoms with Crippen LogP contribution < -0.4 is 0 Å². The van der Waals surface area contributed by atoms with Gasteiger partial charge in [0.25, 0.3) is 0 Å². The fraction of sp³-hybridized carbons (Fsp3) is 0.606. The minimum absolute atomic E-state index is 0.136. The van der Waals surface area contributed by atoms with Crippen molar-refractivity contribution in [1.29, 1.82) is 0 Å². The smallest absolute Gasteiger partial charge is 0.131 e. The molecule has 1 aromatic carbocycles. The summed E-state index contributed by atoms with van der Waals surface area (Å²) in [5.74, 6) is 7.21. The molecule has 6 nitrogen and oxygen atoms in total. The van der Waals surface area contributed by atoms with Crippen molar-refractivity contribution < 1.29 is 19.3 Å². The second kappa shape index (κ2) is 9.52. The SMILES string of the molecule is C[C@]12Cc3cnn(-c4ccc(F)cc4)c3C=C1CC[C@@H]1[C@@H]2[C@@H](O)C[C@@]2(C)[C@H]1CC[C@@]2(O)C#CCN1CCOCC1. The lowest BCUT2D eigenvalue weighted by molar-refractivity contribution is -0.152. The third-order valence-corrected chi connectivity index (χ3v) is 11.4. The van der Waals surface area contributed by atoms with Crippen molar-refractivity contribution in [1.82, 2.24) is 14.7 Å². The number of allylic oxidation sites excluding steroid dienone is 1. The molecule has 3 saturated carbocycles. The molecule has 0 radical (unpaired) electrons. The molecule has 1 aromatic heterocycles. The molecule has 7 atom stereocenters. The standard InChI is InChI=1S/C33H40FN3O3/c1-31-19-22-21-35-37(25-7-5-24(34)6-8-25)28(22)18-23(31)4-9-26-27-10-12-33(39,32(27,2)20-29(38)30(26)31)11-3-13-36-14-16-40-17-15-36/h5-8,18,21,26-27,29-30,38-39H,4,9-10,12-17,19-20H2,1-2H3/t26-,27-,29-,30+,31-,32-,33-/m0/s1. The van der Waals surface area contributed by atoms with Gasteiger partial charge >= 0.3 is 0 Å². The van der Waals surface area contributed by atoms with E-state index in [0.717, 1.165) is 63.4 Å². The van der Waals surface area contributed by atoms with Crippen LogP contribution in [0.15, 0.2) is 36.0 Å². The first kappa shape index (κ1) is 26.4. The summed E-state index contributed by atoms with van der Waals surface area (Å²) in [7, 11) is 0. The third kappa shape index (κ3) is 3.94. The normalized spacial score (nSPS) is 38.8. The Labute approximate surface area is 236 Å². The van der Waals surface area contributed by atoms with Crippen LogP contribution in [0.25, 0.3) is 11.8 Å². The summed E-state index contributed by atoms with van der Waals surface area (Å²) < 4.78 is 20.9. The number of nitrogens with zero attached hydrogens (tertiary/aromatic N) is 3. The van der Waals surface area contributed by atoms with Gasteiger partial charge in [-0.15, -0.1) is 0 Å². The second-order valence-electron chi connectivity index (χ2n) is 13.3. The van der Waals surface area contributed by atoms with Gasteiger partial charge in [-0.05, 0) is 97.6 Å².